The van der Waals surface area contributed by atoms with Crippen LogP contribution >= 0.6 is 0 Å². The maximum atomic E-state index is 13.1. The number of aromatic nitrogens is 1. The number of hydrogen-bond acceptors (Lipinski definition) is 2. The summed E-state index contributed by atoms with van der Waals surface area (Å²) >= 11 is 0. The van der Waals surface area contributed by atoms with E-state index in [2.05, 4.69) is 4.98 Å². The highest BCUT2D eigenvalue weighted by Gasteiger charge is 2.10. The van der Waals surface area contributed by atoms with E-state index in [1.165, 1.54) is 25.3 Å². The highest BCUT2D eigenvalue weighted by Crippen LogP contribution is 2.27. The van der Waals surface area contributed by atoms with Gasteiger partial charge in [0.25, 0.3) is 5.91 Å². The Morgan fingerprint density at radius 1 is 1.47 bits per heavy atom. The summed E-state index contributed by atoms with van der Waals surface area (Å²) in [6, 6.07) is 4.07. The molecule has 0 fully saturated rings. The van der Waals surface area contributed by atoms with Crippen LogP contribution in [0.15, 0.2) is 18.2 Å². The number of aromatic amines is 1. The summed E-state index contributed by atoms with van der Waals surface area (Å²) in [5.74, 6) is -0.653. The van der Waals surface area contributed by atoms with Crippen molar-refractivity contribution in [1.29, 1.82) is 0 Å². The number of primary amides is 1. The summed E-state index contributed by atoms with van der Waals surface area (Å²) in [5, 5.41) is 0.632. The van der Waals surface area contributed by atoms with Crippen molar-refractivity contribution in [2.45, 2.75) is 0 Å². The molecule has 5 heteroatoms. The molecule has 0 atom stereocenters. The van der Waals surface area contributed by atoms with Crippen LogP contribution in [-0.2, 0) is 0 Å². The monoisotopic (exact) mass is 208 g/mol. The van der Waals surface area contributed by atoms with Gasteiger partial charge in [0.15, 0.2) is 0 Å². The van der Waals surface area contributed by atoms with E-state index in [1.807, 2.05) is 0 Å². The molecule has 0 radical (unpaired) electrons. The largest absolute Gasteiger partial charge is 0.496 e. The van der Waals surface area contributed by atoms with Crippen LogP contribution in [0.2, 0.25) is 0 Å². The molecule has 1 aromatic carbocycles. The number of carbonyl (C=O) groups excluding carboxylic acids is 1. The van der Waals surface area contributed by atoms with Gasteiger partial charge in [0.1, 0.15) is 17.3 Å². The maximum Gasteiger partial charge on any atom is 0.265 e. The number of rotatable bonds is 2. The predicted octanol–water partition coefficient (Wildman–Crippen LogP) is 1.41. The van der Waals surface area contributed by atoms with Gasteiger partial charge in [-0.05, 0) is 12.1 Å². The van der Waals surface area contributed by atoms with E-state index in [1.54, 1.807) is 0 Å². The minimum atomic E-state index is -0.589. The number of ether oxygens (including phenoxy) is 1. The van der Waals surface area contributed by atoms with Crippen molar-refractivity contribution in [2.24, 2.45) is 5.73 Å². The molecule has 3 N–H and O–H groups in total. The molecule has 0 aliphatic heterocycles. The number of H-pyrrole nitrogens is 1. The predicted molar refractivity (Wildman–Crippen MR) is 53.3 cm³/mol. The van der Waals surface area contributed by atoms with E-state index in [4.69, 9.17) is 10.5 Å². The summed E-state index contributed by atoms with van der Waals surface area (Å²) in [7, 11) is 1.44. The smallest absolute Gasteiger partial charge is 0.265 e. The Hall–Kier alpha value is -2.04. The van der Waals surface area contributed by atoms with Crippen molar-refractivity contribution < 1.29 is 13.9 Å². The van der Waals surface area contributed by atoms with E-state index >= 15 is 0 Å². The summed E-state index contributed by atoms with van der Waals surface area (Å²) in [4.78, 5) is 13.6. The lowest BCUT2D eigenvalue weighted by Gasteiger charge is -2.00. The molecule has 15 heavy (non-hydrogen) atoms. The summed E-state index contributed by atoms with van der Waals surface area (Å²) in [6.45, 7) is 0. The fraction of sp³-hybridized carbons (Fsp3) is 0.100. The molecule has 2 aromatic rings. The van der Waals surface area contributed by atoms with Gasteiger partial charge >= 0.3 is 0 Å². The normalized spacial score (nSPS) is 10.5. The first-order chi connectivity index (χ1) is 7.11. The lowest BCUT2D eigenvalue weighted by molar-refractivity contribution is 0.0996. The lowest BCUT2D eigenvalue weighted by Crippen LogP contribution is -2.10. The van der Waals surface area contributed by atoms with Gasteiger partial charge in [0, 0.05) is 11.5 Å². The molecule has 78 valence electrons. The number of halogens is 1. The van der Waals surface area contributed by atoms with Gasteiger partial charge in [-0.25, -0.2) is 4.39 Å². The molecule has 0 aliphatic carbocycles. The van der Waals surface area contributed by atoms with Crippen molar-refractivity contribution in [2.75, 3.05) is 7.11 Å². The molecule has 2 rings (SSSR count). The Bertz CT molecular complexity index is 533. The van der Waals surface area contributed by atoms with Crippen LogP contribution in [0.25, 0.3) is 10.9 Å². The van der Waals surface area contributed by atoms with E-state index in [-0.39, 0.29) is 5.69 Å². The van der Waals surface area contributed by atoms with Gasteiger partial charge in [0.2, 0.25) is 0 Å². The Morgan fingerprint density at radius 2 is 2.20 bits per heavy atom. The van der Waals surface area contributed by atoms with Gasteiger partial charge in [-0.2, -0.15) is 0 Å². The Labute approximate surface area is 84.8 Å². The van der Waals surface area contributed by atoms with Crippen LogP contribution in [0.1, 0.15) is 10.5 Å². The topological polar surface area (TPSA) is 68.1 Å². The quantitative estimate of drug-likeness (QED) is 0.783. The number of amides is 1. The van der Waals surface area contributed by atoms with Crippen LogP contribution in [0.5, 0.6) is 5.75 Å². The highest BCUT2D eigenvalue weighted by atomic mass is 19.1. The molecule has 1 amide bonds. The van der Waals surface area contributed by atoms with Gasteiger partial charge in [-0.15, -0.1) is 0 Å². The molecule has 0 unspecified atom stereocenters. The van der Waals surface area contributed by atoms with Crippen molar-refractivity contribution >= 4 is 16.8 Å². The second-order valence-corrected chi connectivity index (χ2v) is 3.12. The Balaban J connectivity index is 2.74. The molecular weight excluding hydrogens is 199 g/mol. The maximum absolute atomic E-state index is 13.1. The zero-order valence-corrected chi connectivity index (χ0v) is 8.00. The zero-order chi connectivity index (χ0) is 11.0. The third-order valence-corrected chi connectivity index (χ3v) is 2.15. The first kappa shape index (κ1) is 9.51. The number of carbonyl (C=O) groups is 1. The number of nitrogens with two attached hydrogens (primary N) is 1. The van der Waals surface area contributed by atoms with E-state index < -0.39 is 11.7 Å². The van der Waals surface area contributed by atoms with Crippen LogP contribution < -0.4 is 10.5 Å². The minimum absolute atomic E-state index is 0.230. The van der Waals surface area contributed by atoms with Crippen molar-refractivity contribution in [1.82, 2.24) is 4.98 Å². The number of benzene rings is 1. The highest BCUT2D eigenvalue weighted by molar-refractivity contribution is 5.98. The van der Waals surface area contributed by atoms with Crippen LogP contribution in [-0.4, -0.2) is 18.0 Å². The fourth-order valence-electron chi connectivity index (χ4n) is 1.47. The first-order valence-electron chi connectivity index (χ1n) is 4.28. The third kappa shape index (κ3) is 1.52. The van der Waals surface area contributed by atoms with Crippen LogP contribution in [0.4, 0.5) is 4.39 Å². The van der Waals surface area contributed by atoms with Crippen molar-refractivity contribution in [3.8, 4) is 5.75 Å². The van der Waals surface area contributed by atoms with Crippen LogP contribution in [0.3, 0.4) is 0 Å². The summed E-state index contributed by atoms with van der Waals surface area (Å²) in [5.41, 5.74) is 5.82. The van der Waals surface area contributed by atoms with Crippen molar-refractivity contribution in [3.05, 3.63) is 29.7 Å². The zero-order valence-electron chi connectivity index (χ0n) is 8.00. The van der Waals surface area contributed by atoms with Gasteiger partial charge in [-0.1, -0.05) is 0 Å². The average Bonchev–Trinajstić information content (AvgIpc) is 2.59. The first-order valence-corrected chi connectivity index (χ1v) is 4.28. The fourth-order valence-corrected chi connectivity index (χ4v) is 1.47. The molecule has 1 aromatic heterocycles. The molecule has 0 saturated heterocycles. The SMILES string of the molecule is COc1cc(F)cc2[nH]c(C(N)=O)cc12. The molecular formula is C10H9FN2O2. The second kappa shape index (κ2) is 3.27. The minimum Gasteiger partial charge on any atom is -0.496 e. The summed E-state index contributed by atoms with van der Waals surface area (Å²) < 4.78 is 18.1. The molecule has 0 spiro atoms. The van der Waals surface area contributed by atoms with E-state index in [9.17, 15) is 9.18 Å². The number of nitrogens with one attached hydrogen (secondary N) is 1. The van der Waals surface area contributed by atoms with E-state index in [0.29, 0.717) is 16.7 Å². The summed E-state index contributed by atoms with van der Waals surface area (Å²) in [6.07, 6.45) is 0. The number of methoxy groups -OCH3 is 1. The Morgan fingerprint density at radius 3 is 2.80 bits per heavy atom. The average molecular weight is 208 g/mol. The van der Waals surface area contributed by atoms with Crippen LogP contribution in [0, 0.1) is 5.82 Å². The number of fused-ring (bicyclic) bond motifs is 1. The van der Waals surface area contributed by atoms with Gasteiger partial charge < -0.3 is 15.5 Å². The van der Waals surface area contributed by atoms with Gasteiger partial charge in [-0.3, -0.25) is 4.79 Å². The standard InChI is InChI=1S/C10H9FN2O2/c1-15-9-3-5(11)2-7-6(9)4-8(13-7)10(12)14/h2-4,13H,1H3,(H2,12,14). The van der Waals surface area contributed by atoms with E-state index in [0.717, 1.165) is 0 Å². The third-order valence-electron chi connectivity index (χ3n) is 2.15. The second-order valence-electron chi connectivity index (χ2n) is 3.12. The molecule has 0 saturated carbocycles. The van der Waals surface area contributed by atoms with Crippen molar-refractivity contribution in [3.63, 3.8) is 0 Å². The molecule has 0 aliphatic rings. The lowest BCUT2D eigenvalue weighted by atomic mass is 10.2. The van der Waals surface area contributed by atoms with Gasteiger partial charge in [0.05, 0.1) is 12.6 Å². The molecule has 1 heterocycles. The molecule has 4 nitrogen and oxygen atoms in total. The molecule has 0 bridgehead atoms. The Kier molecular flexibility index (Phi) is 2.07. The number of hydrogen-bond donors (Lipinski definition) is 2.